The first-order valence-electron chi connectivity index (χ1n) is 7.43. The number of nitrogens with two attached hydrogens (primary N) is 1. The molecule has 1 heterocycles. The van der Waals surface area contributed by atoms with Crippen molar-refractivity contribution in [2.45, 2.75) is 78.3 Å². The van der Waals surface area contributed by atoms with Gasteiger partial charge in [-0.25, -0.2) is 0 Å². The SMILES string of the molecule is CCCCC(N)(CC)Cc1cc(CC)nn1CC. The smallest absolute Gasteiger partial charge is 0.0624 e. The first kappa shape index (κ1) is 15.2. The highest BCUT2D eigenvalue weighted by atomic mass is 15.3. The maximum atomic E-state index is 6.55. The summed E-state index contributed by atoms with van der Waals surface area (Å²) in [4.78, 5) is 0. The fourth-order valence-electron chi connectivity index (χ4n) is 2.38. The molecule has 104 valence electrons. The zero-order chi connectivity index (χ0) is 13.6. The Balaban J connectivity index is 2.82. The number of hydrogen-bond donors (Lipinski definition) is 1. The van der Waals surface area contributed by atoms with E-state index in [1.807, 2.05) is 0 Å². The van der Waals surface area contributed by atoms with E-state index < -0.39 is 0 Å². The third kappa shape index (κ3) is 3.84. The van der Waals surface area contributed by atoms with E-state index in [4.69, 9.17) is 5.73 Å². The maximum absolute atomic E-state index is 6.55. The molecule has 0 saturated carbocycles. The molecule has 2 N–H and O–H groups in total. The lowest BCUT2D eigenvalue weighted by atomic mass is 9.86. The van der Waals surface area contributed by atoms with Crippen LogP contribution in [0.15, 0.2) is 6.07 Å². The zero-order valence-corrected chi connectivity index (χ0v) is 12.5. The van der Waals surface area contributed by atoms with Crippen molar-refractivity contribution >= 4 is 0 Å². The number of unbranched alkanes of at least 4 members (excludes halogenated alkanes) is 1. The predicted molar refractivity (Wildman–Crippen MR) is 77.7 cm³/mol. The van der Waals surface area contributed by atoms with E-state index in [9.17, 15) is 0 Å². The van der Waals surface area contributed by atoms with Crippen LogP contribution in [0.2, 0.25) is 0 Å². The van der Waals surface area contributed by atoms with E-state index in [0.29, 0.717) is 0 Å². The minimum absolute atomic E-state index is 0.0615. The monoisotopic (exact) mass is 251 g/mol. The Morgan fingerprint density at radius 1 is 1.28 bits per heavy atom. The summed E-state index contributed by atoms with van der Waals surface area (Å²) in [6.45, 7) is 9.65. The fourth-order valence-corrected chi connectivity index (χ4v) is 2.38. The minimum atomic E-state index is -0.0615. The topological polar surface area (TPSA) is 43.8 Å². The summed E-state index contributed by atoms with van der Waals surface area (Å²) < 4.78 is 2.11. The quantitative estimate of drug-likeness (QED) is 0.770. The van der Waals surface area contributed by atoms with Crippen LogP contribution in [0.25, 0.3) is 0 Å². The van der Waals surface area contributed by atoms with Crippen LogP contribution in [0.4, 0.5) is 0 Å². The molecule has 0 saturated heterocycles. The molecule has 0 spiro atoms. The molecular formula is C15H29N3. The number of nitrogens with zero attached hydrogens (tertiary/aromatic N) is 2. The van der Waals surface area contributed by atoms with Gasteiger partial charge < -0.3 is 5.73 Å². The van der Waals surface area contributed by atoms with Crippen LogP contribution in [0.5, 0.6) is 0 Å². The van der Waals surface area contributed by atoms with Gasteiger partial charge >= 0.3 is 0 Å². The average Bonchev–Trinajstić information content (AvgIpc) is 2.78. The van der Waals surface area contributed by atoms with E-state index in [1.165, 1.54) is 24.2 Å². The Hall–Kier alpha value is -0.830. The van der Waals surface area contributed by atoms with Gasteiger partial charge in [-0.15, -0.1) is 0 Å². The predicted octanol–water partition coefficient (Wildman–Crippen LogP) is 3.31. The summed E-state index contributed by atoms with van der Waals surface area (Å²) in [7, 11) is 0. The Morgan fingerprint density at radius 2 is 2.00 bits per heavy atom. The van der Waals surface area contributed by atoms with E-state index in [2.05, 4.69) is 43.5 Å². The molecule has 18 heavy (non-hydrogen) atoms. The first-order chi connectivity index (χ1) is 8.58. The molecule has 1 rings (SSSR count). The van der Waals surface area contributed by atoms with Gasteiger partial charge in [0, 0.05) is 24.2 Å². The van der Waals surface area contributed by atoms with Gasteiger partial charge in [-0.3, -0.25) is 4.68 Å². The van der Waals surface area contributed by atoms with Crippen molar-refractivity contribution in [1.29, 1.82) is 0 Å². The maximum Gasteiger partial charge on any atom is 0.0624 e. The molecule has 3 heteroatoms. The average molecular weight is 251 g/mol. The number of aromatic nitrogens is 2. The van der Waals surface area contributed by atoms with E-state index in [1.54, 1.807) is 0 Å². The second-order valence-corrected chi connectivity index (χ2v) is 5.29. The molecule has 0 amide bonds. The van der Waals surface area contributed by atoms with Crippen molar-refractivity contribution in [2.75, 3.05) is 0 Å². The summed E-state index contributed by atoms with van der Waals surface area (Å²) in [5.41, 5.74) is 8.97. The minimum Gasteiger partial charge on any atom is -0.325 e. The largest absolute Gasteiger partial charge is 0.325 e. The molecule has 1 aromatic heterocycles. The van der Waals surface area contributed by atoms with Gasteiger partial charge in [0.25, 0.3) is 0 Å². The molecule has 0 aromatic carbocycles. The molecule has 3 nitrogen and oxygen atoms in total. The van der Waals surface area contributed by atoms with Crippen LogP contribution in [-0.2, 0) is 19.4 Å². The van der Waals surface area contributed by atoms with Crippen LogP contribution in [0.1, 0.15) is 64.8 Å². The van der Waals surface area contributed by atoms with Crippen molar-refractivity contribution in [2.24, 2.45) is 5.73 Å². The molecule has 1 aromatic rings. The van der Waals surface area contributed by atoms with Crippen LogP contribution in [0.3, 0.4) is 0 Å². The number of hydrogen-bond acceptors (Lipinski definition) is 2. The molecule has 0 aliphatic heterocycles. The lowest BCUT2D eigenvalue weighted by Crippen LogP contribution is -2.42. The Bertz CT molecular complexity index is 357. The summed E-state index contributed by atoms with van der Waals surface area (Å²) in [5, 5.41) is 4.61. The Kier molecular flexibility index (Phi) is 5.86. The van der Waals surface area contributed by atoms with Gasteiger partial charge in [-0.05, 0) is 32.3 Å². The molecular weight excluding hydrogens is 222 g/mol. The van der Waals surface area contributed by atoms with Gasteiger partial charge in [0.15, 0.2) is 0 Å². The zero-order valence-electron chi connectivity index (χ0n) is 12.5. The summed E-state index contributed by atoms with van der Waals surface area (Å²) in [6.07, 6.45) is 6.51. The van der Waals surface area contributed by atoms with Gasteiger partial charge in [-0.1, -0.05) is 33.6 Å². The van der Waals surface area contributed by atoms with E-state index >= 15 is 0 Å². The van der Waals surface area contributed by atoms with Gasteiger partial charge in [-0.2, -0.15) is 5.10 Å². The van der Waals surface area contributed by atoms with Crippen molar-refractivity contribution in [3.05, 3.63) is 17.5 Å². The highest BCUT2D eigenvalue weighted by Crippen LogP contribution is 2.22. The van der Waals surface area contributed by atoms with Crippen molar-refractivity contribution in [1.82, 2.24) is 9.78 Å². The fraction of sp³-hybridized carbons (Fsp3) is 0.800. The normalized spacial score (nSPS) is 14.7. The molecule has 0 fully saturated rings. The Labute approximate surface area is 112 Å². The number of rotatable bonds is 8. The molecule has 0 aliphatic carbocycles. The second-order valence-electron chi connectivity index (χ2n) is 5.29. The Morgan fingerprint density at radius 3 is 2.50 bits per heavy atom. The second kappa shape index (κ2) is 6.93. The van der Waals surface area contributed by atoms with Crippen LogP contribution >= 0.6 is 0 Å². The van der Waals surface area contributed by atoms with Crippen molar-refractivity contribution < 1.29 is 0 Å². The lowest BCUT2D eigenvalue weighted by molar-refractivity contribution is 0.355. The van der Waals surface area contributed by atoms with Crippen LogP contribution < -0.4 is 5.73 Å². The number of aryl methyl sites for hydroxylation is 2. The summed E-state index contributed by atoms with van der Waals surface area (Å²) >= 11 is 0. The molecule has 1 atom stereocenters. The van der Waals surface area contributed by atoms with Gasteiger partial charge in [0.2, 0.25) is 0 Å². The standard InChI is InChI=1S/C15H29N3/c1-5-9-10-15(16,7-3)12-14-11-13(6-2)17-18(14)8-4/h11H,5-10,12,16H2,1-4H3. The summed E-state index contributed by atoms with van der Waals surface area (Å²) in [6, 6.07) is 2.23. The van der Waals surface area contributed by atoms with E-state index in [0.717, 1.165) is 32.2 Å². The van der Waals surface area contributed by atoms with Gasteiger partial charge in [0.05, 0.1) is 5.69 Å². The first-order valence-corrected chi connectivity index (χ1v) is 7.43. The highest BCUT2D eigenvalue weighted by molar-refractivity contribution is 5.14. The lowest BCUT2D eigenvalue weighted by Gasteiger charge is -2.28. The van der Waals surface area contributed by atoms with E-state index in [-0.39, 0.29) is 5.54 Å². The third-order valence-electron chi connectivity index (χ3n) is 3.84. The molecule has 1 unspecified atom stereocenters. The molecule has 0 radical (unpaired) electrons. The highest BCUT2D eigenvalue weighted by Gasteiger charge is 2.24. The van der Waals surface area contributed by atoms with Crippen LogP contribution in [0, 0.1) is 0 Å². The van der Waals surface area contributed by atoms with Crippen molar-refractivity contribution in [3.8, 4) is 0 Å². The third-order valence-corrected chi connectivity index (χ3v) is 3.84. The van der Waals surface area contributed by atoms with Crippen molar-refractivity contribution in [3.63, 3.8) is 0 Å². The van der Waals surface area contributed by atoms with Gasteiger partial charge in [0.1, 0.15) is 0 Å². The molecule has 0 bridgehead atoms. The summed E-state index contributed by atoms with van der Waals surface area (Å²) in [5.74, 6) is 0. The van der Waals surface area contributed by atoms with Crippen LogP contribution in [-0.4, -0.2) is 15.3 Å². The molecule has 0 aliphatic rings.